The summed E-state index contributed by atoms with van der Waals surface area (Å²) in [6.07, 6.45) is 20.3. The molecule has 9 nitrogen and oxygen atoms in total. The lowest BCUT2D eigenvalue weighted by Gasteiger charge is -2.24. The molecule has 1 unspecified atom stereocenters. The molecule has 0 fully saturated rings. The second kappa shape index (κ2) is 26.4. The van der Waals surface area contributed by atoms with Gasteiger partial charge < -0.3 is 18.9 Å². The Labute approximate surface area is 257 Å². The Hall–Kier alpha value is -0.990. The molecular weight excluding hydrogens is 557 g/mol. The summed E-state index contributed by atoms with van der Waals surface area (Å²) >= 11 is 0. The third kappa shape index (κ3) is 29.1. The summed E-state index contributed by atoms with van der Waals surface area (Å²) in [6.45, 7) is 4.33. The first-order chi connectivity index (χ1) is 20.0. The number of esters is 2. The van der Waals surface area contributed by atoms with Gasteiger partial charge in [-0.05, 0) is 12.8 Å². The van der Waals surface area contributed by atoms with Gasteiger partial charge in [0.05, 0.1) is 27.7 Å². The van der Waals surface area contributed by atoms with E-state index in [0.717, 1.165) is 38.5 Å². The molecule has 2 atom stereocenters. The van der Waals surface area contributed by atoms with Gasteiger partial charge in [0.25, 0.3) is 0 Å². The quantitative estimate of drug-likeness (QED) is 0.0370. The van der Waals surface area contributed by atoms with Gasteiger partial charge in [-0.3, -0.25) is 18.6 Å². The van der Waals surface area contributed by atoms with Crippen molar-refractivity contribution in [3.05, 3.63) is 0 Å². The zero-order valence-corrected chi connectivity index (χ0v) is 28.6. The van der Waals surface area contributed by atoms with Crippen LogP contribution in [-0.4, -0.2) is 74.9 Å². The van der Waals surface area contributed by atoms with Crippen molar-refractivity contribution in [2.75, 3.05) is 47.5 Å². The molecule has 0 heterocycles. The number of unbranched alkanes of at least 4 members (excludes halogenated alkanes) is 16. The van der Waals surface area contributed by atoms with Crippen LogP contribution in [0.15, 0.2) is 0 Å². The molecule has 0 rings (SSSR count). The van der Waals surface area contributed by atoms with E-state index in [1.165, 1.54) is 70.6 Å². The first-order valence-electron chi connectivity index (χ1n) is 16.8. The number of carbonyl (C=O) groups is 2. The number of rotatable bonds is 30. The highest BCUT2D eigenvalue weighted by atomic mass is 31.2. The van der Waals surface area contributed by atoms with E-state index in [2.05, 4.69) is 13.8 Å². The predicted molar refractivity (Wildman–Crippen MR) is 169 cm³/mol. The third-order valence-electron chi connectivity index (χ3n) is 7.14. The molecule has 42 heavy (non-hydrogen) atoms. The van der Waals surface area contributed by atoms with Crippen LogP contribution in [0.25, 0.3) is 0 Å². The van der Waals surface area contributed by atoms with Crippen LogP contribution in [0.3, 0.4) is 0 Å². The largest absolute Gasteiger partial charge is 0.472 e. The second-order valence-electron chi connectivity index (χ2n) is 12.6. The lowest BCUT2D eigenvalue weighted by atomic mass is 10.0. The molecule has 0 aliphatic carbocycles. The van der Waals surface area contributed by atoms with Gasteiger partial charge >= 0.3 is 19.8 Å². The summed E-state index contributed by atoms with van der Waals surface area (Å²) in [5, 5.41) is 0. The minimum absolute atomic E-state index is 0.0356. The Bertz CT molecular complexity index is 713. The highest BCUT2D eigenvalue weighted by Gasteiger charge is 2.27. The van der Waals surface area contributed by atoms with E-state index in [9.17, 15) is 19.0 Å². The van der Waals surface area contributed by atoms with Crippen LogP contribution < -0.4 is 0 Å². The fourth-order valence-electron chi connectivity index (χ4n) is 4.42. The number of quaternary nitrogens is 1. The van der Waals surface area contributed by atoms with Crippen molar-refractivity contribution in [2.45, 2.75) is 148 Å². The maximum Gasteiger partial charge on any atom is 0.472 e. The third-order valence-corrected chi connectivity index (χ3v) is 8.12. The van der Waals surface area contributed by atoms with Crippen molar-refractivity contribution in [3.63, 3.8) is 0 Å². The van der Waals surface area contributed by atoms with E-state index >= 15 is 0 Å². The Balaban J connectivity index is 4.45. The van der Waals surface area contributed by atoms with Crippen LogP contribution in [0, 0.1) is 0 Å². The normalized spacial score (nSPS) is 14.0. The molecule has 0 spiro atoms. The average Bonchev–Trinajstić information content (AvgIpc) is 2.92. The zero-order valence-electron chi connectivity index (χ0n) is 27.7. The van der Waals surface area contributed by atoms with Crippen LogP contribution in [-0.2, 0) is 32.7 Å². The van der Waals surface area contributed by atoms with Crippen LogP contribution >= 0.6 is 7.82 Å². The van der Waals surface area contributed by atoms with Crippen molar-refractivity contribution in [1.82, 2.24) is 0 Å². The second-order valence-corrected chi connectivity index (χ2v) is 14.0. The van der Waals surface area contributed by atoms with Gasteiger partial charge in [0, 0.05) is 12.8 Å². The maximum absolute atomic E-state index is 12.5. The van der Waals surface area contributed by atoms with Crippen molar-refractivity contribution < 1.29 is 42.1 Å². The molecule has 0 aromatic heterocycles. The average molecular weight is 623 g/mol. The smallest absolute Gasteiger partial charge is 0.462 e. The molecule has 0 saturated carbocycles. The Kier molecular flexibility index (Phi) is 25.8. The van der Waals surface area contributed by atoms with Gasteiger partial charge in [0.1, 0.15) is 19.8 Å². The van der Waals surface area contributed by atoms with Crippen LogP contribution in [0.4, 0.5) is 0 Å². The van der Waals surface area contributed by atoms with Crippen molar-refractivity contribution >= 4 is 19.8 Å². The highest BCUT2D eigenvalue weighted by molar-refractivity contribution is 7.47. The number of likely N-dealkylation sites (N-methyl/N-ethyl adjacent to an activating group) is 1. The van der Waals surface area contributed by atoms with Crippen LogP contribution in [0.1, 0.15) is 142 Å². The van der Waals surface area contributed by atoms with Crippen molar-refractivity contribution in [1.29, 1.82) is 0 Å². The zero-order chi connectivity index (χ0) is 31.5. The number of carbonyl (C=O) groups excluding carboxylic acids is 2. The molecule has 250 valence electrons. The lowest BCUT2D eigenvalue weighted by Crippen LogP contribution is -2.37. The monoisotopic (exact) mass is 622 g/mol. The molecule has 0 saturated heterocycles. The summed E-state index contributed by atoms with van der Waals surface area (Å²) in [5.74, 6) is -0.805. The van der Waals surface area contributed by atoms with Crippen molar-refractivity contribution in [3.8, 4) is 0 Å². The molecule has 1 N–H and O–H groups in total. The van der Waals surface area contributed by atoms with Gasteiger partial charge in [0.2, 0.25) is 0 Å². The molecule has 0 aromatic rings. The van der Waals surface area contributed by atoms with E-state index < -0.39 is 26.5 Å². The SMILES string of the molecule is CCCCCCCCCCCCCCC(=O)O[C@H](COC(=O)CCCCCCCC)COP(=O)(O)OCC[N+](C)(C)C. The van der Waals surface area contributed by atoms with E-state index in [1.54, 1.807) is 0 Å². The topological polar surface area (TPSA) is 108 Å². The van der Waals surface area contributed by atoms with Crippen LogP contribution in [0.5, 0.6) is 0 Å². The number of phosphoric ester groups is 1. The first kappa shape index (κ1) is 41.0. The Morgan fingerprint density at radius 2 is 1.07 bits per heavy atom. The van der Waals surface area contributed by atoms with Gasteiger partial charge in [0.15, 0.2) is 6.10 Å². The summed E-state index contributed by atoms with van der Waals surface area (Å²) < 4.78 is 33.9. The standard InChI is InChI=1S/C32H64NO8P/c1-6-8-10-12-14-15-16-17-18-19-21-23-25-32(35)41-30(28-38-31(34)24-22-20-13-11-9-7-2)29-40-42(36,37)39-27-26-33(3,4)5/h30H,6-29H2,1-5H3/p+1/t30-/m1/s1. The molecule has 0 bridgehead atoms. The summed E-state index contributed by atoms with van der Waals surface area (Å²) in [7, 11) is 1.48. The first-order valence-corrected chi connectivity index (χ1v) is 18.3. The maximum atomic E-state index is 12.5. The van der Waals surface area contributed by atoms with Gasteiger partial charge in [-0.2, -0.15) is 0 Å². The molecule has 0 aromatic carbocycles. The fraction of sp³-hybridized carbons (Fsp3) is 0.938. The number of hydrogen-bond acceptors (Lipinski definition) is 7. The predicted octanol–water partition coefficient (Wildman–Crippen LogP) is 8.12. The van der Waals surface area contributed by atoms with Gasteiger partial charge in [-0.15, -0.1) is 0 Å². The summed E-state index contributed by atoms with van der Waals surface area (Å²) in [5.41, 5.74) is 0. The summed E-state index contributed by atoms with van der Waals surface area (Å²) in [6, 6.07) is 0. The Morgan fingerprint density at radius 1 is 0.643 bits per heavy atom. The lowest BCUT2D eigenvalue weighted by molar-refractivity contribution is -0.870. The van der Waals surface area contributed by atoms with E-state index in [-0.39, 0.29) is 25.6 Å². The Morgan fingerprint density at radius 3 is 1.52 bits per heavy atom. The number of ether oxygens (including phenoxy) is 2. The van der Waals surface area contributed by atoms with E-state index in [1.807, 2.05) is 21.1 Å². The van der Waals surface area contributed by atoms with Gasteiger partial charge in [-0.1, -0.05) is 117 Å². The molecule has 0 radical (unpaired) electrons. The molecule has 0 amide bonds. The minimum atomic E-state index is -4.35. The number of hydrogen-bond donors (Lipinski definition) is 1. The fourth-order valence-corrected chi connectivity index (χ4v) is 5.17. The van der Waals surface area contributed by atoms with Crippen LogP contribution in [0.2, 0.25) is 0 Å². The minimum Gasteiger partial charge on any atom is -0.462 e. The highest BCUT2D eigenvalue weighted by Crippen LogP contribution is 2.43. The molecule has 10 heteroatoms. The molecule has 0 aliphatic heterocycles. The molecular formula is C32H65NO8P+. The van der Waals surface area contributed by atoms with E-state index in [4.69, 9.17) is 18.5 Å². The molecule has 0 aliphatic rings. The number of nitrogens with zero attached hydrogens (tertiary/aromatic N) is 1. The summed E-state index contributed by atoms with van der Waals surface area (Å²) in [4.78, 5) is 34.8. The van der Waals surface area contributed by atoms with E-state index in [0.29, 0.717) is 23.9 Å². The van der Waals surface area contributed by atoms with Crippen molar-refractivity contribution in [2.24, 2.45) is 0 Å². The van der Waals surface area contributed by atoms with Gasteiger partial charge in [-0.25, -0.2) is 4.57 Å². The number of phosphoric acid groups is 1.